The van der Waals surface area contributed by atoms with Crippen LogP contribution in [0.4, 0.5) is 0 Å². The second kappa shape index (κ2) is 4.14. The molecule has 0 unspecified atom stereocenters. The van der Waals surface area contributed by atoms with E-state index in [1.54, 1.807) is 0 Å². The Kier molecular flexibility index (Phi) is 3.11. The van der Waals surface area contributed by atoms with E-state index in [-0.39, 0.29) is 12.8 Å². The van der Waals surface area contributed by atoms with Gasteiger partial charge in [-0.3, -0.25) is 19.2 Å². The van der Waals surface area contributed by atoms with Crippen LogP contribution in [0.15, 0.2) is 11.6 Å². The van der Waals surface area contributed by atoms with Crippen molar-refractivity contribution in [1.29, 1.82) is 0 Å². The number of hydrogen-bond donors (Lipinski definition) is 2. The third-order valence-electron chi connectivity index (χ3n) is 2.00. The maximum Gasteiger partial charge on any atom is 0.320 e. The third-order valence-corrected chi connectivity index (χ3v) is 2.00. The molecule has 0 saturated carbocycles. The van der Waals surface area contributed by atoms with Gasteiger partial charge in [-0.15, -0.1) is 0 Å². The van der Waals surface area contributed by atoms with Crippen molar-refractivity contribution in [3.63, 3.8) is 0 Å². The van der Waals surface area contributed by atoms with Crippen LogP contribution >= 0.6 is 0 Å². The second-order valence-electron chi connectivity index (χ2n) is 3.24. The van der Waals surface area contributed by atoms with Crippen molar-refractivity contribution < 1.29 is 24.3 Å². The lowest BCUT2D eigenvalue weighted by Crippen LogP contribution is -2.33. The first-order valence-electron chi connectivity index (χ1n) is 4.21. The molecule has 1 atom stereocenters. The summed E-state index contributed by atoms with van der Waals surface area (Å²) in [5.41, 5.74) is 5.52. The molecule has 0 saturated heterocycles. The number of carboxylic acid groups (broad SMARTS) is 1. The van der Waals surface area contributed by atoms with E-state index in [1.807, 2.05) is 0 Å². The predicted octanol–water partition coefficient (Wildman–Crippen LogP) is -1.17. The normalized spacial score (nSPS) is 18.7. The van der Waals surface area contributed by atoms with E-state index in [9.17, 15) is 19.2 Å². The summed E-state index contributed by atoms with van der Waals surface area (Å²) in [5, 5.41) is 8.51. The van der Waals surface area contributed by atoms with Gasteiger partial charge in [-0.05, 0) is 12.5 Å². The van der Waals surface area contributed by atoms with Crippen molar-refractivity contribution in [3.05, 3.63) is 11.6 Å². The number of aliphatic carboxylic acids is 1. The second-order valence-corrected chi connectivity index (χ2v) is 3.24. The van der Waals surface area contributed by atoms with Crippen molar-refractivity contribution in [3.8, 4) is 0 Å². The Morgan fingerprint density at radius 3 is 2.53 bits per heavy atom. The van der Waals surface area contributed by atoms with Gasteiger partial charge in [-0.2, -0.15) is 0 Å². The lowest BCUT2D eigenvalue weighted by Gasteiger charge is -2.12. The number of carboxylic acids is 1. The Morgan fingerprint density at radius 1 is 1.47 bits per heavy atom. The molecule has 0 radical (unpaired) electrons. The highest BCUT2D eigenvalue weighted by Crippen LogP contribution is 2.15. The van der Waals surface area contributed by atoms with Crippen molar-refractivity contribution in [2.45, 2.75) is 18.9 Å². The minimum Gasteiger partial charge on any atom is -0.480 e. The maximum atomic E-state index is 11.0. The molecule has 0 aromatic carbocycles. The molecule has 80 valence electrons. The lowest BCUT2D eigenvalue weighted by atomic mass is 9.92. The predicted molar refractivity (Wildman–Crippen MR) is 47.9 cm³/mol. The Hall–Kier alpha value is -1.82. The smallest absolute Gasteiger partial charge is 0.320 e. The molecule has 0 amide bonds. The summed E-state index contributed by atoms with van der Waals surface area (Å²) in [4.78, 5) is 43.1. The molecular weight excluding hydrogens is 202 g/mol. The molecule has 3 N–H and O–H groups in total. The van der Waals surface area contributed by atoms with E-state index in [2.05, 4.69) is 0 Å². The fourth-order valence-electron chi connectivity index (χ4n) is 1.23. The lowest BCUT2D eigenvalue weighted by molar-refractivity contribution is -0.142. The molecule has 0 bridgehead atoms. The zero-order valence-electron chi connectivity index (χ0n) is 7.73. The summed E-state index contributed by atoms with van der Waals surface area (Å²) in [6.07, 6.45) is 0.679. The van der Waals surface area contributed by atoms with E-state index < -0.39 is 29.4 Å². The van der Waals surface area contributed by atoms with Gasteiger partial charge in [-0.25, -0.2) is 0 Å². The van der Waals surface area contributed by atoms with Crippen LogP contribution in [-0.4, -0.2) is 34.5 Å². The number of carbonyl (C=O) groups excluding carboxylic acids is 3. The van der Waals surface area contributed by atoms with E-state index in [0.717, 1.165) is 6.08 Å². The molecule has 0 aliphatic heterocycles. The highest BCUT2D eigenvalue weighted by atomic mass is 16.4. The first-order chi connectivity index (χ1) is 6.91. The Morgan fingerprint density at radius 2 is 2.07 bits per heavy atom. The molecule has 0 spiro atoms. The van der Waals surface area contributed by atoms with E-state index in [4.69, 9.17) is 10.8 Å². The Bertz CT molecular complexity index is 382. The fraction of sp³-hybridized carbons (Fsp3) is 0.333. The summed E-state index contributed by atoms with van der Waals surface area (Å²) in [6.45, 7) is 0. The number of ketones is 3. The molecule has 0 heterocycles. The first-order valence-corrected chi connectivity index (χ1v) is 4.21. The topological polar surface area (TPSA) is 115 Å². The SMILES string of the molecule is N[C@@H](CC1=CC(=O)C(=O)C(=O)C1)C(=O)O. The number of hydrogen-bond acceptors (Lipinski definition) is 5. The minimum absolute atomic E-state index is 0.0971. The summed E-state index contributed by atoms with van der Waals surface area (Å²) in [7, 11) is 0. The quantitative estimate of drug-likeness (QED) is 0.568. The van der Waals surface area contributed by atoms with E-state index >= 15 is 0 Å². The summed E-state index contributed by atoms with van der Waals surface area (Å²) in [6, 6.07) is -1.16. The molecular formula is C9H9NO5. The van der Waals surface area contributed by atoms with Gasteiger partial charge in [-0.1, -0.05) is 5.57 Å². The van der Waals surface area contributed by atoms with E-state index in [0.29, 0.717) is 5.57 Å². The summed E-state index contributed by atoms with van der Waals surface area (Å²) in [5.74, 6) is -3.98. The highest BCUT2D eigenvalue weighted by Gasteiger charge is 2.28. The highest BCUT2D eigenvalue weighted by molar-refractivity contribution is 6.67. The van der Waals surface area contributed by atoms with Crippen LogP contribution in [-0.2, 0) is 19.2 Å². The van der Waals surface area contributed by atoms with Crippen molar-refractivity contribution in [2.24, 2.45) is 5.73 Å². The van der Waals surface area contributed by atoms with Gasteiger partial charge in [0.1, 0.15) is 6.04 Å². The van der Waals surface area contributed by atoms with Gasteiger partial charge in [0.25, 0.3) is 5.78 Å². The van der Waals surface area contributed by atoms with Crippen molar-refractivity contribution in [1.82, 2.24) is 0 Å². The number of allylic oxidation sites excluding steroid dienone is 1. The molecule has 6 heteroatoms. The van der Waals surface area contributed by atoms with Crippen LogP contribution in [0.25, 0.3) is 0 Å². The number of Topliss-reactive ketones (excluding diaryl/α,β-unsaturated/α-hetero) is 2. The molecule has 1 rings (SSSR count). The number of nitrogens with two attached hydrogens (primary N) is 1. The maximum absolute atomic E-state index is 11.0. The van der Waals surface area contributed by atoms with Crippen LogP contribution in [0.1, 0.15) is 12.8 Å². The monoisotopic (exact) mass is 211 g/mol. The van der Waals surface area contributed by atoms with Crippen LogP contribution in [0, 0.1) is 0 Å². The minimum atomic E-state index is -1.22. The number of carbonyl (C=O) groups is 4. The van der Waals surface area contributed by atoms with Crippen LogP contribution in [0.3, 0.4) is 0 Å². The van der Waals surface area contributed by atoms with Crippen molar-refractivity contribution in [2.75, 3.05) is 0 Å². The van der Waals surface area contributed by atoms with Gasteiger partial charge in [0, 0.05) is 6.42 Å². The largest absolute Gasteiger partial charge is 0.480 e. The van der Waals surface area contributed by atoms with Crippen LogP contribution < -0.4 is 5.73 Å². The van der Waals surface area contributed by atoms with Gasteiger partial charge in [0.05, 0.1) is 0 Å². The van der Waals surface area contributed by atoms with Crippen molar-refractivity contribution >= 4 is 23.3 Å². The summed E-state index contributed by atoms with van der Waals surface area (Å²) >= 11 is 0. The van der Waals surface area contributed by atoms with E-state index in [1.165, 1.54) is 0 Å². The average molecular weight is 211 g/mol. The van der Waals surface area contributed by atoms with Gasteiger partial charge < -0.3 is 10.8 Å². The molecule has 0 aromatic heterocycles. The van der Waals surface area contributed by atoms with Crippen LogP contribution in [0.2, 0.25) is 0 Å². The molecule has 0 fully saturated rings. The summed E-state index contributed by atoms with van der Waals surface area (Å²) < 4.78 is 0. The zero-order valence-corrected chi connectivity index (χ0v) is 7.73. The van der Waals surface area contributed by atoms with Gasteiger partial charge in [0.15, 0.2) is 0 Å². The zero-order chi connectivity index (χ0) is 11.6. The Balaban J connectivity index is 2.77. The molecule has 0 aromatic rings. The molecule has 1 aliphatic carbocycles. The standard InChI is InChI=1S/C9H9NO5/c10-5(9(14)15)1-4-2-6(11)8(13)7(12)3-4/h2,5H,1,3,10H2,(H,14,15)/t5-/m0/s1. The molecule has 6 nitrogen and oxygen atoms in total. The third kappa shape index (κ3) is 2.57. The van der Waals surface area contributed by atoms with Crippen LogP contribution in [0.5, 0.6) is 0 Å². The van der Waals surface area contributed by atoms with Gasteiger partial charge in [0.2, 0.25) is 11.6 Å². The first kappa shape index (κ1) is 11.3. The Labute approximate surface area is 84.7 Å². The van der Waals surface area contributed by atoms with Gasteiger partial charge >= 0.3 is 5.97 Å². The average Bonchev–Trinajstić information content (AvgIpc) is 2.13. The molecule has 1 aliphatic rings. The fourth-order valence-corrected chi connectivity index (χ4v) is 1.23. The molecule has 15 heavy (non-hydrogen) atoms. The number of rotatable bonds is 3.